The number of hydrogen-bond acceptors (Lipinski definition) is 2. The molecule has 0 aliphatic heterocycles. The highest BCUT2D eigenvalue weighted by Gasteiger charge is 2.14. The Morgan fingerprint density at radius 2 is 2.06 bits per heavy atom. The van der Waals surface area contributed by atoms with Gasteiger partial charge in [0.1, 0.15) is 0 Å². The van der Waals surface area contributed by atoms with E-state index in [0.717, 1.165) is 23.7 Å². The lowest BCUT2D eigenvalue weighted by Crippen LogP contribution is -2.23. The van der Waals surface area contributed by atoms with Crippen LogP contribution in [0.3, 0.4) is 0 Å². The van der Waals surface area contributed by atoms with Gasteiger partial charge in [0, 0.05) is 4.47 Å². The van der Waals surface area contributed by atoms with E-state index in [-0.39, 0.29) is 11.2 Å². The maximum atomic E-state index is 13.4. The number of unbranched alkanes of at least 4 members (excludes halogenated alkanes) is 1. The molecule has 0 spiro atoms. The van der Waals surface area contributed by atoms with Gasteiger partial charge in [0.05, 0.1) is 6.61 Å². The molecule has 0 unspecified atom stereocenters. The number of benzene rings is 1. The van der Waals surface area contributed by atoms with E-state index in [4.69, 9.17) is 10.5 Å². The van der Waals surface area contributed by atoms with E-state index in [1.54, 1.807) is 12.1 Å². The largest absolute Gasteiger partial charge is 0.491 e. The summed E-state index contributed by atoms with van der Waals surface area (Å²) in [6, 6.07) is 4.83. The molecule has 2 N–H and O–H groups in total. The fraction of sp³-hybridized carbons (Fsp3) is 0.571. The molecule has 0 heterocycles. The Balaban J connectivity index is 2.26. The second-order valence-electron chi connectivity index (χ2n) is 5.25. The summed E-state index contributed by atoms with van der Waals surface area (Å²) in [5.74, 6) is -0.0112. The quantitative estimate of drug-likeness (QED) is 0.768. The molecule has 0 aliphatic carbocycles. The Morgan fingerprint density at radius 1 is 1.33 bits per heavy atom. The summed E-state index contributed by atoms with van der Waals surface area (Å²) in [4.78, 5) is 0. The van der Waals surface area contributed by atoms with Crippen molar-refractivity contribution >= 4 is 15.9 Å². The van der Waals surface area contributed by atoms with Crippen molar-refractivity contribution in [3.05, 3.63) is 28.5 Å². The van der Waals surface area contributed by atoms with Gasteiger partial charge < -0.3 is 10.5 Å². The molecule has 18 heavy (non-hydrogen) atoms. The Bertz CT molecular complexity index is 382. The molecule has 1 rings (SSSR count). The zero-order chi connectivity index (χ0) is 13.6. The normalized spacial score (nSPS) is 11.6. The second-order valence-corrected chi connectivity index (χ2v) is 6.16. The first-order valence-corrected chi connectivity index (χ1v) is 7.02. The van der Waals surface area contributed by atoms with Crippen molar-refractivity contribution < 1.29 is 9.13 Å². The first-order valence-electron chi connectivity index (χ1n) is 6.22. The third kappa shape index (κ3) is 5.36. The van der Waals surface area contributed by atoms with Gasteiger partial charge in [-0.1, -0.05) is 29.8 Å². The van der Waals surface area contributed by atoms with E-state index in [2.05, 4.69) is 29.8 Å². The fourth-order valence-corrected chi connectivity index (χ4v) is 1.92. The van der Waals surface area contributed by atoms with E-state index in [1.165, 1.54) is 6.07 Å². The van der Waals surface area contributed by atoms with Gasteiger partial charge in [0.25, 0.3) is 0 Å². The molecule has 0 amide bonds. The third-order valence-corrected chi connectivity index (χ3v) is 3.45. The Hall–Kier alpha value is -0.610. The minimum atomic E-state index is -0.327. The smallest absolute Gasteiger partial charge is 0.166 e. The van der Waals surface area contributed by atoms with Gasteiger partial charge in [-0.05, 0) is 49.4 Å². The molecule has 2 nitrogen and oxygen atoms in total. The lowest BCUT2D eigenvalue weighted by atomic mass is 9.87. The molecule has 0 saturated carbocycles. The Labute approximate surface area is 117 Å². The number of halogens is 2. The first-order chi connectivity index (χ1) is 8.44. The molecule has 0 fully saturated rings. The predicted molar refractivity (Wildman–Crippen MR) is 76.3 cm³/mol. The van der Waals surface area contributed by atoms with Gasteiger partial charge in [0.15, 0.2) is 11.6 Å². The van der Waals surface area contributed by atoms with Crippen LogP contribution < -0.4 is 10.5 Å². The van der Waals surface area contributed by atoms with Crippen molar-refractivity contribution in [2.24, 2.45) is 11.1 Å². The summed E-state index contributed by atoms with van der Waals surface area (Å²) >= 11 is 3.21. The molecule has 1 aromatic carbocycles. The van der Waals surface area contributed by atoms with E-state index in [9.17, 15) is 4.39 Å². The molecule has 1 aromatic rings. The summed E-state index contributed by atoms with van der Waals surface area (Å²) < 4.78 is 19.6. The molecule has 4 heteroatoms. The lowest BCUT2D eigenvalue weighted by Gasteiger charge is -2.21. The molecule has 0 aliphatic rings. The van der Waals surface area contributed by atoms with Crippen molar-refractivity contribution in [3.8, 4) is 5.75 Å². The van der Waals surface area contributed by atoms with E-state index >= 15 is 0 Å². The number of rotatable bonds is 7. The van der Waals surface area contributed by atoms with Gasteiger partial charge in [-0.3, -0.25) is 0 Å². The topological polar surface area (TPSA) is 35.2 Å². The molecular weight excluding hydrogens is 297 g/mol. The number of hydrogen-bond donors (Lipinski definition) is 1. The maximum Gasteiger partial charge on any atom is 0.166 e. The summed E-state index contributed by atoms with van der Waals surface area (Å²) in [6.45, 7) is 5.54. The summed E-state index contributed by atoms with van der Waals surface area (Å²) in [6.07, 6.45) is 3.02. The van der Waals surface area contributed by atoms with Crippen molar-refractivity contribution in [3.63, 3.8) is 0 Å². The van der Waals surface area contributed by atoms with Crippen LogP contribution in [0, 0.1) is 11.2 Å². The first kappa shape index (κ1) is 15.4. The van der Waals surface area contributed by atoms with Gasteiger partial charge in [-0.2, -0.15) is 0 Å². The SMILES string of the molecule is CC(C)(CN)CCCCOc1ccc(Br)cc1F. The molecule has 0 atom stereocenters. The summed E-state index contributed by atoms with van der Waals surface area (Å²) in [5.41, 5.74) is 5.84. The van der Waals surface area contributed by atoms with Crippen LogP contribution in [0.4, 0.5) is 4.39 Å². The fourth-order valence-electron chi connectivity index (χ4n) is 1.58. The number of ether oxygens (including phenoxy) is 1. The van der Waals surface area contributed by atoms with Crippen LogP contribution in [-0.4, -0.2) is 13.2 Å². The molecule has 0 saturated heterocycles. The van der Waals surface area contributed by atoms with Crippen LogP contribution in [0.2, 0.25) is 0 Å². The zero-order valence-corrected chi connectivity index (χ0v) is 12.6. The molecule has 0 bridgehead atoms. The Morgan fingerprint density at radius 3 is 2.67 bits per heavy atom. The molecule has 0 aromatic heterocycles. The van der Waals surface area contributed by atoms with E-state index < -0.39 is 0 Å². The highest BCUT2D eigenvalue weighted by atomic mass is 79.9. The van der Waals surface area contributed by atoms with Crippen molar-refractivity contribution in [1.82, 2.24) is 0 Å². The molecular formula is C14H21BrFNO. The van der Waals surface area contributed by atoms with E-state index in [1.807, 2.05) is 0 Å². The molecule has 102 valence electrons. The highest BCUT2D eigenvalue weighted by Crippen LogP contribution is 2.23. The minimum Gasteiger partial charge on any atom is -0.491 e. The standard InChI is InChI=1S/C14H21BrFNO/c1-14(2,10-17)7-3-4-8-18-13-6-5-11(15)9-12(13)16/h5-6,9H,3-4,7-8,10,17H2,1-2H3. The monoisotopic (exact) mass is 317 g/mol. The lowest BCUT2D eigenvalue weighted by molar-refractivity contribution is 0.270. The number of nitrogens with two attached hydrogens (primary N) is 1. The zero-order valence-electron chi connectivity index (χ0n) is 11.0. The van der Waals surface area contributed by atoms with Crippen molar-refractivity contribution in [2.45, 2.75) is 33.1 Å². The Kier molecular flexibility index (Phi) is 6.09. The van der Waals surface area contributed by atoms with Gasteiger partial charge in [0.2, 0.25) is 0 Å². The van der Waals surface area contributed by atoms with Gasteiger partial charge >= 0.3 is 0 Å². The van der Waals surface area contributed by atoms with E-state index in [0.29, 0.717) is 18.9 Å². The minimum absolute atomic E-state index is 0.183. The van der Waals surface area contributed by atoms with Crippen molar-refractivity contribution in [1.29, 1.82) is 0 Å². The molecule has 0 radical (unpaired) electrons. The average Bonchev–Trinajstić information content (AvgIpc) is 2.31. The van der Waals surface area contributed by atoms with Crippen LogP contribution in [0.1, 0.15) is 33.1 Å². The highest BCUT2D eigenvalue weighted by molar-refractivity contribution is 9.10. The van der Waals surface area contributed by atoms with Crippen LogP contribution in [0.5, 0.6) is 5.75 Å². The van der Waals surface area contributed by atoms with Crippen LogP contribution >= 0.6 is 15.9 Å². The van der Waals surface area contributed by atoms with Crippen LogP contribution in [-0.2, 0) is 0 Å². The second kappa shape index (κ2) is 7.10. The maximum absolute atomic E-state index is 13.4. The van der Waals surface area contributed by atoms with Crippen LogP contribution in [0.25, 0.3) is 0 Å². The summed E-state index contributed by atoms with van der Waals surface area (Å²) in [5, 5.41) is 0. The predicted octanol–water partition coefficient (Wildman–Crippen LogP) is 4.12. The average molecular weight is 318 g/mol. The van der Waals surface area contributed by atoms with Crippen molar-refractivity contribution in [2.75, 3.05) is 13.2 Å². The third-order valence-electron chi connectivity index (χ3n) is 2.95. The summed E-state index contributed by atoms with van der Waals surface area (Å²) in [7, 11) is 0. The van der Waals surface area contributed by atoms with Crippen LogP contribution in [0.15, 0.2) is 22.7 Å². The van der Waals surface area contributed by atoms with Gasteiger partial charge in [-0.25, -0.2) is 4.39 Å². The van der Waals surface area contributed by atoms with Gasteiger partial charge in [-0.15, -0.1) is 0 Å².